The molecule has 7 heteroatoms. The smallest absolute Gasteiger partial charge is 0.230 e. The zero-order chi connectivity index (χ0) is 20.2. The molecule has 0 saturated carbocycles. The highest BCUT2D eigenvalue weighted by Gasteiger charge is 2.29. The van der Waals surface area contributed by atoms with Crippen LogP contribution in [0, 0.1) is 0 Å². The third-order valence-corrected chi connectivity index (χ3v) is 5.69. The molecule has 4 rings (SSSR count). The van der Waals surface area contributed by atoms with E-state index >= 15 is 0 Å². The SMILES string of the molecule is NCCC(C(=O)N1CCN(c2ncnc3ccccc23)CC1)c1ccc(Cl)cc1. The molecule has 29 heavy (non-hydrogen) atoms. The minimum Gasteiger partial charge on any atom is -0.352 e. The van der Waals surface area contributed by atoms with E-state index in [4.69, 9.17) is 17.3 Å². The number of hydrogen-bond donors (Lipinski definition) is 1. The number of halogens is 1. The Bertz CT molecular complexity index is 981. The Morgan fingerprint density at radius 1 is 1.03 bits per heavy atom. The van der Waals surface area contributed by atoms with Gasteiger partial charge in [0, 0.05) is 36.6 Å². The molecule has 1 amide bonds. The second-order valence-electron chi connectivity index (χ2n) is 7.21. The summed E-state index contributed by atoms with van der Waals surface area (Å²) < 4.78 is 0. The molecule has 3 aromatic rings. The summed E-state index contributed by atoms with van der Waals surface area (Å²) in [7, 11) is 0. The first-order valence-corrected chi connectivity index (χ1v) is 10.2. The highest BCUT2D eigenvalue weighted by Crippen LogP contribution is 2.27. The topological polar surface area (TPSA) is 75.4 Å². The molecule has 2 heterocycles. The molecule has 1 aliphatic rings. The summed E-state index contributed by atoms with van der Waals surface area (Å²) >= 11 is 6.00. The fourth-order valence-electron chi connectivity index (χ4n) is 3.90. The van der Waals surface area contributed by atoms with E-state index in [0.29, 0.717) is 31.1 Å². The van der Waals surface area contributed by atoms with Crippen molar-refractivity contribution in [2.24, 2.45) is 5.73 Å². The summed E-state index contributed by atoms with van der Waals surface area (Å²) in [6.45, 7) is 3.26. The predicted molar refractivity (Wildman–Crippen MR) is 116 cm³/mol. The third kappa shape index (κ3) is 4.18. The van der Waals surface area contributed by atoms with E-state index in [2.05, 4.69) is 14.9 Å². The summed E-state index contributed by atoms with van der Waals surface area (Å²) in [6.07, 6.45) is 2.23. The Morgan fingerprint density at radius 2 is 1.76 bits per heavy atom. The van der Waals surface area contributed by atoms with Gasteiger partial charge in [0.05, 0.1) is 11.4 Å². The van der Waals surface area contributed by atoms with Crippen LogP contribution in [0.4, 0.5) is 5.82 Å². The van der Waals surface area contributed by atoms with Crippen molar-refractivity contribution in [3.8, 4) is 0 Å². The first-order chi connectivity index (χ1) is 14.2. The van der Waals surface area contributed by atoms with E-state index in [9.17, 15) is 4.79 Å². The highest BCUT2D eigenvalue weighted by molar-refractivity contribution is 6.30. The van der Waals surface area contributed by atoms with Crippen LogP contribution in [-0.2, 0) is 4.79 Å². The molecule has 1 atom stereocenters. The van der Waals surface area contributed by atoms with Crippen LogP contribution < -0.4 is 10.6 Å². The van der Waals surface area contributed by atoms with Gasteiger partial charge >= 0.3 is 0 Å². The second kappa shape index (κ2) is 8.76. The first-order valence-electron chi connectivity index (χ1n) is 9.86. The molecule has 1 fully saturated rings. The molecule has 0 radical (unpaired) electrons. The minimum atomic E-state index is -0.233. The standard InChI is InChI=1S/C22H24ClN5O/c23-17-7-5-16(6-8-17)18(9-10-24)22(29)28-13-11-27(12-14-28)21-19-3-1-2-4-20(19)25-15-26-21/h1-8,15,18H,9-14,24H2. The summed E-state index contributed by atoms with van der Waals surface area (Å²) in [5.74, 6) is 0.826. The molecule has 0 spiro atoms. The van der Waals surface area contributed by atoms with Gasteiger partial charge in [0.25, 0.3) is 0 Å². The van der Waals surface area contributed by atoms with Gasteiger partial charge in [-0.25, -0.2) is 9.97 Å². The summed E-state index contributed by atoms with van der Waals surface area (Å²) in [5.41, 5.74) is 7.69. The first kappa shape index (κ1) is 19.6. The van der Waals surface area contributed by atoms with Gasteiger partial charge in [-0.3, -0.25) is 4.79 Å². The number of fused-ring (bicyclic) bond motifs is 1. The normalized spacial score (nSPS) is 15.5. The molecule has 150 valence electrons. The van der Waals surface area contributed by atoms with E-state index in [0.717, 1.165) is 35.4 Å². The lowest BCUT2D eigenvalue weighted by atomic mass is 9.94. The van der Waals surface area contributed by atoms with E-state index < -0.39 is 0 Å². The van der Waals surface area contributed by atoms with Crippen molar-refractivity contribution in [1.29, 1.82) is 0 Å². The van der Waals surface area contributed by atoms with E-state index in [-0.39, 0.29) is 11.8 Å². The number of nitrogens with two attached hydrogens (primary N) is 1. The maximum Gasteiger partial charge on any atom is 0.230 e. The van der Waals surface area contributed by atoms with Crippen LogP contribution in [0.25, 0.3) is 10.9 Å². The second-order valence-corrected chi connectivity index (χ2v) is 7.64. The summed E-state index contributed by atoms with van der Waals surface area (Å²) in [4.78, 5) is 26.2. The van der Waals surface area contributed by atoms with Crippen LogP contribution in [0.2, 0.25) is 5.02 Å². The molecule has 1 saturated heterocycles. The van der Waals surface area contributed by atoms with Crippen LogP contribution in [-0.4, -0.2) is 53.5 Å². The van der Waals surface area contributed by atoms with Crippen molar-refractivity contribution in [3.05, 3.63) is 65.4 Å². The Hall–Kier alpha value is -2.70. The lowest BCUT2D eigenvalue weighted by Gasteiger charge is -2.37. The number of carbonyl (C=O) groups excluding carboxylic acids is 1. The van der Waals surface area contributed by atoms with Crippen molar-refractivity contribution in [2.75, 3.05) is 37.6 Å². The highest BCUT2D eigenvalue weighted by atomic mass is 35.5. The van der Waals surface area contributed by atoms with Crippen molar-refractivity contribution < 1.29 is 4.79 Å². The molecule has 6 nitrogen and oxygen atoms in total. The average molecular weight is 410 g/mol. The number of aromatic nitrogens is 2. The Kier molecular flexibility index (Phi) is 5.92. The molecule has 2 aromatic carbocycles. The van der Waals surface area contributed by atoms with Gasteiger partial charge in [-0.2, -0.15) is 0 Å². The van der Waals surface area contributed by atoms with E-state index in [1.165, 1.54) is 0 Å². The number of anilines is 1. The zero-order valence-electron chi connectivity index (χ0n) is 16.2. The van der Waals surface area contributed by atoms with Crippen molar-refractivity contribution >= 4 is 34.2 Å². The van der Waals surface area contributed by atoms with E-state index in [1.54, 1.807) is 6.33 Å². The predicted octanol–water partition coefficient (Wildman–Crippen LogP) is 3.06. The maximum atomic E-state index is 13.2. The minimum absolute atomic E-state index is 0.130. The number of piperazine rings is 1. The zero-order valence-corrected chi connectivity index (χ0v) is 16.9. The van der Waals surface area contributed by atoms with Gasteiger partial charge in [-0.15, -0.1) is 0 Å². The van der Waals surface area contributed by atoms with Crippen LogP contribution in [0.5, 0.6) is 0 Å². The molecule has 1 aliphatic heterocycles. The van der Waals surface area contributed by atoms with Crippen LogP contribution in [0.15, 0.2) is 54.9 Å². The number of hydrogen-bond acceptors (Lipinski definition) is 5. The Balaban J connectivity index is 1.48. The molecule has 0 bridgehead atoms. The number of carbonyl (C=O) groups is 1. The monoisotopic (exact) mass is 409 g/mol. The van der Waals surface area contributed by atoms with Crippen molar-refractivity contribution in [1.82, 2.24) is 14.9 Å². The fourth-order valence-corrected chi connectivity index (χ4v) is 4.02. The van der Waals surface area contributed by atoms with Crippen LogP contribution >= 0.6 is 11.6 Å². The molecule has 1 aromatic heterocycles. The van der Waals surface area contributed by atoms with Gasteiger partial charge in [0.1, 0.15) is 12.1 Å². The average Bonchev–Trinajstić information content (AvgIpc) is 2.77. The summed E-state index contributed by atoms with van der Waals surface area (Å²) in [6, 6.07) is 15.5. The lowest BCUT2D eigenvalue weighted by Crippen LogP contribution is -2.50. The molecule has 2 N–H and O–H groups in total. The van der Waals surface area contributed by atoms with Crippen LogP contribution in [0.1, 0.15) is 17.9 Å². The Labute approximate surface area is 175 Å². The van der Waals surface area contributed by atoms with Crippen molar-refractivity contribution in [2.45, 2.75) is 12.3 Å². The van der Waals surface area contributed by atoms with Gasteiger partial charge in [-0.1, -0.05) is 35.9 Å². The van der Waals surface area contributed by atoms with Gasteiger partial charge in [-0.05, 0) is 42.8 Å². The van der Waals surface area contributed by atoms with Gasteiger partial charge in [0.15, 0.2) is 0 Å². The third-order valence-electron chi connectivity index (χ3n) is 5.44. The lowest BCUT2D eigenvalue weighted by molar-refractivity contribution is -0.133. The number of rotatable bonds is 5. The van der Waals surface area contributed by atoms with Crippen LogP contribution in [0.3, 0.4) is 0 Å². The maximum absolute atomic E-state index is 13.2. The number of benzene rings is 2. The van der Waals surface area contributed by atoms with Gasteiger partial charge in [0.2, 0.25) is 5.91 Å². The molecule has 1 unspecified atom stereocenters. The Morgan fingerprint density at radius 3 is 2.48 bits per heavy atom. The van der Waals surface area contributed by atoms with Crippen molar-refractivity contribution in [3.63, 3.8) is 0 Å². The number of nitrogens with zero attached hydrogens (tertiary/aromatic N) is 4. The fraction of sp³-hybridized carbons (Fsp3) is 0.318. The van der Waals surface area contributed by atoms with Gasteiger partial charge < -0.3 is 15.5 Å². The molecular weight excluding hydrogens is 386 g/mol. The van der Waals surface area contributed by atoms with E-state index in [1.807, 2.05) is 53.4 Å². The number of amides is 1. The quantitative estimate of drug-likeness (QED) is 0.700. The largest absolute Gasteiger partial charge is 0.352 e. The number of para-hydroxylation sites is 1. The molecule has 0 aliphatic carbocycles. The molecular formula is C22H24ClN5O. The summed E-state index contributed by atoms with van der Waals surface area (Å²) in [5, 5.41) is 1.70.